The predicted octanol–water partition coefficient (Wildman–Crippen LogP) is 3.96. The van der Waals surface area contributed by atoms with Crippen molar-refractivity contribution in [3.63, 3.8) is 0 Å². The molecule has 0 saturated heterocycles. The number of carbonyl (C=O) groups excluding carboxylic acids is 4. The summed E-state index contributed by atoms with van der Waals surface area (Å²) in [6, 6.07) is 22.8. The highest BCUT2D eigenvalue weighted by molar-refractivity contribution is 6.49. The summed E-state index contributed by atoms with van der Waals surface area (Å²) in [5, 5.41) is 0. The molecule has 0 aliphatic rings. The zero-order valence-electron chi connectivity index (χ0n) is 17.1. The largest absolute Gasteiger partial charge is 0.449 e. The van der Waals surface area contributed by atoms with Crippen molar-refractivity contribution in [1.29, 1.82) is 0 Å². The second-order valence-corrected chi connectivity index (χ2v) is 6.88. The van der Waals surface area contributed by atoms with Crippen LogP contribution < -0.4 is 4.90 Å². The monoisotopic (exact) mass is 415 g/mol. The molecule has 0 saturated carbocycles. The first-order valence-corrected chi connectivity index (χ1v) is 9.66. The van der Waals surface area contributed by atoms with E-state index in [1.165, 1.54) is 36.1 Å². The van der Waals surface area contributed by atoms with Crippen molar-refractivity contribution in [3.8, 4) is 0 Å². The summed E-state index contributed by atoms with van der Waals surface area (Å²) >= 11 is 0. The molecule has 6 nitrogen and oxygen atoms in total. The molecule has 0 radical (unpaired) electrons. The summed E-state index contributed by atoms with van der Waals surface area (Å²) < 4.78 is 5.28. The maximum Gasteiger partial charge on any atom is 0.338 e. The molecule has 0 fully saturated rings. The van der Waals surface area contributed by atoms with Crippen LogP contribution in [0.4, 0.5) is 5.69 Å². The molecule has 0 aromatic heterocycles. The molecule has 0 N–H and O–H groups in total. The van der Waals surface area contributed by atoms with Gasteiger partial charge in [-0.2, -0.15) is 0 Å². The summed E-state index contributed by atoms with van der Waals surface area (Å²) in [5.41, 5.74) is 1.32. The number of ketones is 2. The Morgan fingerprint density at radius 2 is 1.13 bits per heavy atom. The number of para-hydroxylation sites is 1. The molecule has 3 aromatic rings. The quantitative estimate of drug-likeness (QED) is 0.331. The molecule has 0 bridgehead atoms. The summed E-state index contributed by atoms with van der Waals surface area (Å²) in [6.45, 7) is 1.50. The van der Waals surface area contributed by atoms with Crippen molar-refractivity contribution >= 4 is 29.1 Å². The summed E-state index contributed by atoms with van der Waals surface area (Å²) in [7, 11) is 1.60. The van der Waals surface area contributed by atoms with Crippen molar-refractivity contribution in [2.24, 2.45) is 0 Å². The third-order valence-electron chi connectivity index (χ3n) is 4.73. The van der Waals surface area contributed by atoms with Crippen LogP contribution in [0, 0.1) is 0 Å². The Hall–Kier alpha value is -4.06. The van der Waals surface area contributed by atoms with Crippen LogP contribution in [0.2, 0.25) is 0 Å². The number of ether oxygens (including phenoxy) is 1. The van der Waals surface area contributed by atoms with Gasteiger partial charge in [-0.1, -0.05) is 60.7 Å². The van der Waals surface area contributed by atoms with Crippen LogP contribution in [-0.4, -0.2) is 36.6 Å². The van der Waals surface area contributed by atoms with Gasteiger partial charge in [-0.15, -0.1) is 0 Å². The summed E-state index contributed by atoms with van der Waals surface area (Å²) in [5.74, 6) is -2.37. The third kappa shape index (κ3) is 5.11. The zero-order valence-corrected chi connectivity index (χ0v) is 17.1. The van der Waals surface area contributed by atoms with E-state index in [9.17, 15) is 19.2 Å². The number of rotatable bonds is 7. The topological polar surface area (TPSA) is 80.8 Å². The van der Waals surface area contributed by atoms with E-state index >= 15 is 0 Å². The van der Waals surface area contributed by atoms with Crippen LogP contribution in [0.1, 0.15) is 38.0 Å². The Kier molecular flexibility index (Phi) is 6.72. The molecular weight excluding hydrogens is 394 g/mol. The number of anilines is 1. The number of benzene rings is 3. The predicted molar refractivity (Wildman–Crippen MR) is 116 cm³/mol. The van der Waals surface area contributed by atoms with Crippen molar-refractivity contribution in [2.75, 3.05) is 11.9 Å². The molecule has 0 spiro atoms. The van der Waals surface area contributed by atoms with E-state index in [0.29, 0.717) is 11.3 Å². The SMILES string of the molecule is C[C@@H](OC(=O)c1ccc(C(=O)C(=O)c2ccccc2)cc1)C(=O)N(C)c1ccccc1. The lowest BCUT2D eigenvalue weighted by Gasteiger charge is -2.21. The molecule has 0 aliphatic carbocycles. The average Bonchev–Trinajstić information content (AvgIpc) is 2.83. The van der Waals surface area contributed by atoms with Gasteiger partial charge in [-0.3, -0.25) is 14.4 Å². The lowest BCUT2D eigenvalue weighted by Crippen LogP contribution is -2.37. The Morgan fingerprint density at radius 3 is 1.68 bits per heavy atom. The van der Waals surface area contributed by atoms with E-state index in [1.807, 2.05) is 6.07 Å². The van der Waals surface area contributed by atoms with Crippen LogP contribution in [0.5, 0.6) is 0 Å². The fourth-order valence-electron chi connectivity index (χ4n) is 2.94. The Bertz CT molecular complexity index is 1090. The van der Waals surface area contributed by atoms with Gasteiger partial charge in [0.1, 0.15) is 0 Å². The lowest BCUT2D eigenvalue weighted by atomic mass is 10.0. The lowest BCUT2D eigenvalue weighted by molar-refractivity contribution is -0.126. The first-order valence-electron chi connectivity index (χ1n) is 9.66. The fraction of sp³-hybridized carbons (Fsp3) is 0.120. The van der Waals surface area contributed by atoms with Gasteiger partial charge in [-0.05, 0) is 31.2 Å². The van der Waals surface area contributed by atoms with E-state index in [-0.39, 0.29) is 17.0 Å². The van der Waals surface area contributed by atoms with Gasteiger partial charge in [-0.25, -0.2) is 4.79 Å². The number of Topliss-reactive ketones (excluding diaryl/α,β-unsaturated/α-hetero) is 2. The molecule has 6 heteroatoms. The van der Waals surface area contributed by atoms with Crippen molar-refractivity contribution in [2.45, 2.75) is 13.0 Å². The highest BCUT2D eigenvalue weighted by atomic mass is 16.5. The minimum atomic E-state index is -1.00. The average molecular weight is 415 g/mol. The molecule has 3 rings (SSSR count). The summed E-state index contributed by atoms with van der Waals surface area (Å²) in [4.78, 5) is 51.0. The summed E-state index contributed by atoms with van der Waals surface area (Å²) in [6.07, 6.45) is -1.00. The van der Waals surface area contributed by atoms with Crippen LogP contribution in [-0.2, 0) is 9.53 Å². The van der Waals surface area contributed by atoms with Crippen LogP contribution in [0.3, 0.4) is 0 Å². The number of likely N-dealkylation sites (N-methyl/N-ethyl adjacent to an activating group) is 1. The molecule has 0 aliphatic heterocycles. The molecule has 1 atom stereocenters. The molecule has 3 aromatic carbocycles. The molecule has 156 valence electrons. The van der Waals surface area contributed by atoms with Crippen LogP contribution >= 0.6 is 0 Å². The molecule has 31 heavy (non-hydrogen) atoms. The third-order valence-corrected chi connectivity index (χ3v) is 4.73. The highest BCUT2D eigenvalue weighted by Crippen LogP contribution is 2.15. The first kappa shape index (κ1) is 21.6. The number of hydrogen-bond acceptors (Lipinski definition) is 5. The van der Waals surface area contributed by atoms with Gasteiger partial charge in [0.25, 0.3) is 5.91 Å². The number of hydrogen-bond donors (Lipinski definition) is 0. The minimum absolute atomic E-state index is 0.165. The van der Waals surface area contributed by atoms with Gasteiger partial charge in [0.05, 0.1) is 5.56 Å². The van der Waals surface area contributed by atoms with E-state index in [1.54, 1.807) is 61.6 Å². The minimum Gasteiger partial charge on any atom is -0.449 e. The van der Waals surface area contributed by atoms with Gasteiger partial charge in [0.15, 0.2) is 6.10 Å². The fourth-order valence-corrected chi connectivity index (χ4v) is 2.94. The maximum absolute atomic E-state index is 12.5. The van der Waals surface area contributed by atoms with Crippen molar-refractivity contribution in [3.05, 3.63) is 102 Å². The van der Waals surface area contributed by atoms with Gasteiger partial charge in [0.2, 0.25) is 11.6 Å². The molecular formula is C25H21NO5. The van der Waals surface area contributed by atoms with Crippen LogP contribution in [0.25, 0.3) is 0 Å². The standard InChI is InChI=1S/C25H21NO5/c1-17(24(29)26(2)21-11-7-4-8-12-21)31-25(30)20-15-13-19(14-16-20)23(28)22(27)18-9-5-3-6-10-18/h3-17H,1-2H3/t17-/m1/s1. The second-order valence-electron chi connectivity index (χ2n) is 6.88. The Morgan fingerprint density at radius 1 is 0.677 bits per heavy atom. The Labute approximate surface area is 180 Å². The maximum atomic E-state index is 12.5. The smallest absolute Gasteiger partial charge is 0.338 e. The van der Waals surface area contributed by atoms with E-state index in [2.05, 4.69) is 0 Å². The van der Waals surface area contributed by atoms with Crippen LogP contribution in [0.15, 0.2) is 84.9 Å². The number of amides is 1. The van der Waals surface area contributed by atoms with Gasteiger partial charge < -0.3 is 9.64 Å². The molecule has 1 amide bonds. The number of carbonyl (C=O) groups is 4. The van der Waals surface area contributed by atoms with Crippen molar-refractivity contribution < 1.29 is 23.9 Å². The van der Waals surface area contributed by atoms with Gasteiger partial charge >= 0.3 is 5.97 Å². The zero-order chi connectivity index (χ0) is 22.4. The van der Waals surface area contributed by atoms with Gasteiger partial charge in [0, 0.05) is 23.9 Å². The second kappa shape index (κ2) is 9.63. The van der Waals surface area contributed by atoms with E-state index in [4.69, 9.17) is 4.74 Å². The highest BCUT2D eigenvalue weighted by Gasteiger charge is 2.24. The van der Waals surface area contributed by atoms with E-state index < -0.39 is 23.6 Å². The first-order chi connectivity index (χ1) is 14.9. The Balaban J connectivity index is 1.64. The number of esters is 1. The van der Waals surface area contributed by atoms with E-state index in [0.717, 1.165) is 0 Å². The number of nitrogens with zero attached hydrogens (tertiary/aromatic N) is 1. The van der Waals surface area contributed by atoms with Crippen molar-refractivity contribution in [1.82, 2.24) is 0 Å². The normalized spacial score (nSPS) is 11.3. The molecule has 0 unspecified atom stereocenters. The molecule has 0 heterocycles.